The number of carbonyl (C=O) groups excluding carboxylic acids is 1. The predicted octanol–water partition coefficient (Wildman–Crippen LogP) is -1.11. The van der Waals surface area contributed by atoms with Crippen LogP contribution in [0.15, 0.2) is 0 Å². The summed E-state index contributed by atoms with van der Waals surface area (Å²) in [5, 5.41) is 8.53. The van der Waals surface area contributed by atoms with Crippen LogP contribution < -0.4 is 5.73 Å². The van der Waals surface area contributed by atoms with Gasteiger partial charge in [0.1, 0.15) is 12.6 Å². The molecule has 0 saturated heterocycles. The van der Waals surface area contributed by atoms with Crippen molar-refractivity contribution in [3.05, 3.63) is 0 Å². The zero-order valence-electron chi connectivity index (χ0n) is 8.40. The van der Waals surface area contributed by atoms with Gasteiger partial charge in [-0.2, -0.15) is 0 Å². The molecule has 6 heteroatoms. The number of carboxylic acids is 1. The molecule has 0 aliphatic carbocycles. The van der Waals surface area contributed by atoms with Crippen LogP contribution in [0, 0.1) is 0 Å². The van der Waals surface area contributed by atoms with E-state index in [1.807, 2.05) is 0 Å². The molecule has 0 aliphatic rings. The number of nitrogens with two attached hydrogens (primary N) is 1. The minimum absolute atomic E-state index is 0.0471. The van der Waals surface area contributed by atoms with Crippen molar-refractivity contribution >= 4 is 11.9 Å². The lowest BCUT2D eigenvalue weighted by Gasteiger charge is -2.22. The molecular weight excluding hydrogens is 188 g/mol. The Morgan fingerprint density at radius 3 is 2.43 bits per heavy atom. The molecule has 0 saturated carbocycles. The molecule has 0 radical (unpaired) electrons. The van der Waals surface area contributed by atoms with Crippen LogP contribution in [-0.2, 0) is 14.3 Å². The van der Waals surface area contributed by atoms with E-state index in [-0.39, 0.29) is 19.0 Å². The summed E-state index contributed by atoms with van der Waals surface area (Å²) < 4.78 is 4.82. The van der Waals surface area contributed by atoms with Gasteiger partial charge >= 0.3 is 5.97 Å². The summed E-state index contributed by atoms with van der Waals surface area (Å²) in [5.41, 5.74) is 5.29. The summed E-state index contributed by atoms with van der Waals surface area (Å²) in [5.74, 6) is -1.44. The molecule has 6 nitrogen and oxygen atoms in total. The third kappa shape index (κ3) is 3.71. The third-order valence-electron chi connectivity index (χ3n) is 1.79. The molecule has 14 heavy (non-hydrogen) atoms. The van der Waals surface area contributed by atoms with E-state index in [9.17, 15) is 9.59 Å². The first-order valence-corrected chi connectivity index (χ1v) is 4.30. The summed E-state index contributed by atoms with van der Waals surface area (Å²) in [6.07, 6.45) is -0.755. The van der Waals surface area contributed by atoms with Gasteiger partial charge in [-0.15, -0.1) is 0 Å². The zero-order chi connectivity index (χ0) is 11.1. The highest BCUT2D eigenvalue weighted by atomic mass is 16.5. The molecule has 0 aromatic rings. The van der Waals surface area contributed by atoms with Gasteiger partial charge in [-0.05, 0) is 6.92 Å². The predicted molar refractivity (Wildman–Crippen MR) is 49.7 cm³/mol. The average molecular weight is 204 g/mol. The number of likely N-dealkylation sites (N-methyl/N-ethyl adjacent to an activating group) is 1. The molecule has 0 heterocycles. The molecular formula is C8H16N2O4. The molecule has 0 spiro atoms. The van der Waals surface area contributed by atoms with E-state index in [0.717, 1.165) is 0 Å². The number of carbonyl (C=O) groups is 2. The molecule has 3 N–H and O–H groups in total. The quantitative estimate of drug-likeness (QED) is 0.572. The Kier molecular flexibility index (Phi) is 5.82. The molecule has 1 unspecified atom stereocenters. The number of hydrogen-bond donors (Lipinski definition) is 2. The van der Waals surface area contributed by atoms with Crippen LogP contribution in [0.1, 0.15) is 6.92 Å². The maximum atomic E-state index is 11.5. The van der Waals surface area contributed by atoms with Crippen LogP contribution in [0.5, 0.6) is 0 Å². The third-order valence-corrected chi connectivity index (χ3v) is 1.79. The Morgan fingerprint density at radius 2 is 2.14 bits per heavy atom. The average Bonchev–Trinajstić information content (AvgIpc) is 2.15. The summed E-state index contributed by atoms with van der Waals surface area (Å²) in [7, 11) is 1.37. The lowest BCUT2D eigenvalue weighted by molar-refractivity contribution is -0.149. The Morgan fingerprint density at radius 1 is 1.57 bits per heavy atom. The lowest BCUT2D eigenvalue weighted by atomic mass is 10.3. The summed E-state index contributed by atoms with van der Waals surface area (Å²) >= 11 is 0. The fraction of sp³-hybridized carbons (Fsp3) is 0.750. The summed E-state index contributed by atoms with van der Waals surface area (Å²) in [6, 6.07) is 0. The number of ether oxygens (including phenoxy) is 1. The number of aliphatic carboxylic acids is 1. The second kappa shape index (κ2) is 6.33. The van der Waals surface area contributed by atoms with Gasteiger partial charge in [-0.25, -0.2) is 0 Å². The van der Waals surface area contributed by atoms with Gasteiger partial charge in [-0.3, -0.25) is 9.59 Å². The van der Waals surface area contributed by atoms with Gasteiger partial charge in [0.15, 0.2) is 0 Å². The first kappa shape index (κ1) is 12.9. The number of hydrogen-bond acceptors (Lipinski definition) is 4. The highest BCUT2D eigenvalue weighted by molar-refractivity contribution is 5.84. The van der Waals surface area contributed by atoms with E-state index in [1.165, 1.54) is 12.0 Å². The fourth-order valence-corrected chi connectivity index (χ4v) is 1.01. The van der Waals surface area contributed by atoms with Crippen LogP contribution in [-0.4, -0.2) is 54.7 Å². The number of rotatable bonds is 6. The van der Waals surface area contributed by atoms with Gasteiger partial charge < -0.3 is 20.5 Å². The van der Waals surface area contributed by atoms with Crippen molar-refractivity contribution in [2.75, 3.05) is 26.7 Å². The SMILES string of the molecule is CCN(CC(=O)O)C(=O)C(CN)OC. The van der Waals surface area contributed by atoms with Crippen LogP contribution in [0.2, 0.25) is 0 Å². The van der Waals surface area contributed by atoms with E-state index in [2.05, 4.69) is 0 Å². The molecule has 0 aliphatic heterocycles. The molecule has 0 aromatic heterocycles. The number of nitrogens with zero attached hydrogens (tertiary/aromatic N) is 1. The van der Waals surface area contributed by atoms with Gasteiger partial charge in [0.2, 0.25) is 0 Å². The topological polar surface area (TPSA) is 92.9 Å². The smallest absolute Gasteiger partial charge is 0.323 e. The van der Waals surface area contributed by atoms with Crippen molar-refractivity contribution in [3.63, 3.8) is 0 Å². The first-order chi connectivity index (χ1) is 6.56. The van der Waals surface area contributed by atoms with Gasteiger partial charge in [0, 0.05) is 20.2 Å². The molecule has 0 rings (SSSR count). The molecule has 0 bridgehead atoms. The van der Waals surface area contributed by atoms with Crippen LogP contribution in [0.3, 0.4) is 0 Å². The highest BCUT2D eigenvalue weighted by Gasteiger charge is 2.23. The van der Waals surface area contributed by atoms with Crippen molar-refractivity contribution in [1.82, 2.24) is 4.90 Å². The van der Waals surface area contributed by atoms with Crippen molar-refractivity contribution in [3.8, 4) is 0 Å². The first-order valence-electron chi connectivity index (χ1n) is 4.30. The Labute approximate surface area is 82.6 Å². The van der Waals surface area contributed by atoms with Gasteiger partial charge in [0.25, 0.3) is 5.91 Å². The molecule has 82 valence electrons. The van der Waals surface area contributed by atoms with Crippen LogP contribution in [0.4, 0.5) is 0 Å². The Hall–Kier alpha value is -1.14. The van der Waals surface area contributed by atoms with Crippen molar-refractivity contribution < 1.29 is 19.4 Å². The fourth-order valence-electron chi connectivity index (χ4n) is 1.01. The minimum Gasteiger partial charge on any atom is -0.480 e. The highest BCUT2D eigenvalue weighted by Crippen LogP contribution is 1.97. The maximum absolute atomic E-state index is 11.5. The van der Waals surface area contributed by atoms with Crippen molar-refractivity contribution in [2.45, 2.75) is 13.0 Å². The molecule has 1 atom stereocenters. The van der Waals surface area contributed by atoms with Gasteiger partial charge in [0.05, 0.1) is 0 Å². The second-order valence-electron chi connectivity index (χ2n) is 2.71. The van der Waals surface area contributed by atoms with Gasteiger partial charge in [-0.1, -0.05) is 0 Å². The standard InChI is InChI=1S/C8H16N2O4/c1-3-10(5-7(11)12)8(13)6(4-9)14-2/h6H,3-5,9H2,1-2H3,(H,11,12). The van der Waals surface area contributed by atoms with Crippen LogP contribution >= 0.6 is 0 Å². The number of amides is 1. The largest absolute Gasteiger partial charge is 0.480 e. The molecule has 1 amide bonds. The minimum atomic E-state index is -1.05. The molecule has 0 fully saturated rings. The van der Waals surface area contributed by atoms with E-state index in [0.29, 0.717) is 6.54 Å². The number of carboxylic acid groups (broad SMARTS) is 1. The summed E-state index contributed by atoms with van der Waals surface area (Å²) in [4.78, 5) is 23.1. The second-order valence-corrected chi connectivity index (χ2v) is 2.71. The van der Waals surface area contributed by atoms with E-state index >= 15 is 0 Å². The lowest BCUT2D eigenvalue weighted by Crippen LogP contribution is -2.45. The van der Waals surface area contributed by atoms with Crippen LogP contribution in [0.25, 0.3) is 0 Å². The zero-order valence-corrected chi connectivity index (χ0v) is 8.40. The summed E-state index contributed by atoms with van der Waals surface area (Å²) in [6.45, 7) is 1.75. The van der Waals surface area contributed by atoms with E-state index in [1.54, 1.807) is 6.92 Å². The maximum Gasteiger partial charge on any atom is 0.323 e. The number of methoxy groups -OCH3 is 1. The monoisotopic (exact) mass is 204 g/mol. The Balaban J connectivity index is 4.35. The van der Waals surface area contributed by atoms with E-state index < -0.39 is 12.1 Å². The van der Waals surface area contributed by atoms with E-state index in [4.69, 9.17) is 15.6 Å². The molecule has 0 aromatic carbocycles. The van der Waals surface area contributed by atoms with Crippen molar-refractivity contribution in [2.24, 2.45) is 5.73 Å². The van der Waals surface area contributed by atoms with Crippen molar-refractivity contribution in [1.29, 1.82) is 0 Å². The normalized spacial score (nSPS) is 12.2. The Bertz CT molecular complexity index is 204.